The molecule has 0 spiro atoms. The van der Waals surface area contributed by atoms with Crippen LogP contribution in [0.4, 0.5) is 0 Å². The molecule has 0 saturated heterocycles. The Morgan fingerprint density at radius 2 is 1.77 bits per heavy atom. The van der Waals surface area contributed by atoms with Gasteiger partial charge in [0.2, 0.25) is 0 Å². The van der Waals surface area contributed by atoms with Crippen LogP contribution in [0.15, 0.2) is 79.3 Å². The van der Waals surface area contributed by atoms with Crippen LogP contribution in [0, 0.1) is 0 Å². The molecule has 1 unspecified atom stereocenters. The van der Waals surface area contributed by atoms with Crippen molar-refractivity contribution < 1.29 is 9.53 Å². The number of para-hydroxylation sites is 2. The van der Waals surface area contributed by atoms with E-state index < -0.39 is 0 Å². The summed E-state index contributed by atoms with van der Waals surface area (Å²) in [4.78, 5) is 31.9. The normalized spacial score (nSPS) is 14.6. The fourth-order valence-electron chi connectivity index (χ4n) is 4.99. The Morgan fingerprint density at radius 3 is 2.58 bits per heavy atom. The summed E-state index contributed by atoms with van der Waals surface area (Å²) in [5.41, 5.74) is 5.22. The molecule has 1 aliphatic rings. The van der Waals surface area contributed by atoms with Gasteiger partial charge in [-0.2, -0.15) is 0 Å². The molecular formula is C30H26Cl2N6O2. The Kier molecular flexibility index (Phi) is 7.64. The molecule has 202 valence electrons. The van der Waals surface area contributed by atoms with Crippen molar-refractivity contribution >= 4 is 40.1 Å². The second kappa shape index (κ2) is 11.6. The van der Waals surface area contributed by atoms with E-state index in [1.807, 2.05) is 54.7 Å². The zero-order valence-electron chi connectivity index (χ0n) is 21.5. The van der Waals surface area contributed by atoms with Gasteiger partial charge >= 0.3 is 0 Å². The van der Waals surface area contributed by atoms with E-state index in [4.69, 9.17) is 32.9 Å². The lowest BCUT2D eigenvalue weighted by molar-refractivity contribution is 0.0951. The lowest BCUT2D eigenvalue weighted by atomic mass is 10.0. The molecule has 1 aliphatic heterocycles. The molecule has 4 heterocycles. The highest BCUT2D eigenvalue weighted by Crippen LogP contribution is 2.36. The summed E-state index contributed by atoms with van der Waals surface area (Å²) in [5, 5.41) is 3.32. The molecule has 40 heavy (non-hydrogen) atoms. The number of pyridine rings is 2. The predicted octanol–water partition coefficient (Wildman–Crippen LogP) is 6.12. The highest BCUT2D eigenvalue weighted by molar-refractivity contribution is 6.39. The summed E-state index contributed by atoms with van der Waals surface area (Å²) in [7, 11) is 0. The van der Waals surface area contributed by atoms with E-state index in [0.29, 0.717) is 26.2 Å². The maximum Gasteiger partial charge on any atom is 0.254 e. The minimum Gasteiger partial charge on any atom is -0.492 e. The molecule has 6 rings (SSSR count). The van der Waals surface area contributed by atoms with Crippen molar-refractivity contribution in [2.24, 2.45) is 0 Å². The van der Waals surface area contributed by atoms with E-state index in [-0.39, 0.29) is 27.6 Å². The van der Waals surface area contributed by atoms with Gasteiger partial charge in [-0.25, -0.2) is 4.98 Å². The SMILES string of the molecule is O=C(NCc1ccc(CN(Cc2nc3ccccc3[nH]2)C2CCOc3cccnc32)cc1)c1c(Cl)cncc1Cl. The van der Waals surface area contributed by atoms with Crippen molar-refractivity contribution in [1.82, 2.24) is 30.2 Å². The lowest BCUT2D eigenvalue weighted by Crippen LogP contribution is -2.33. The molecule has 1 amide bonds. The van der Waals surface area contributed by atoms with Crippen LogP contribution < -0.4 is 10.1 Å². The molecule has 2 aromatic carbocycles. The van der Waals surface area contributed by atoms with E-state index in [1.165, 1.54) is 12.4 Å². The van der Waals surface area contributed by atoms with Crippen LogP contribution in [0.1, 0.15) is 45.5 Å². The zero-order chi connectivity index (χ0) is 27.5. The van der Waals surface area contributed by atoms with Crippen LogP contribution in [0.3, 0.4) is 0 Å². The first kappa shape index (κ1) is 26.3. The van der Waals surface area contributed by atoms with Crippen molar-refractivity contribution in [2.75, 3.05) is 6.61 Å². The van der Waals surface area contributed by atoms with Crippen LogP contribution >= 0.6 is 23.2 Å². The third-order valence-corrected chi connectivity index (χ3v) is 7.51. The Labute approximate surface area is 241 Å². The number of aromatic amines is 1. The third kappa shape index (κ3) is 5.65. The van der Waals surface area contributed by atoms with Crippen LogP contribution in [-0.2, 0) is 19.6 Å². The number of H-pyrrole nitrogens is 1. The number of hydrogen-bond donors (Lipinski definition) is 2. The molecule has 0 saturated carbocycles. The van der Waals surface area contributed by atoms with Crippen LogP contribution in [0.2, 0.25) is 10.0 Å². The number of aromatic nitrogens is 4. The van der Waals surface area contributed by atoms with Gasteiger partial charge < -0.3 is 15.0 Å². The van der Waals surface area contributed by atoms with E-state index in [2.05, 4.69) is 37.3 Å². The lowest BCUT2D eigenvalue weighted by Gasteiger charge is -2.34. The number of amides is 1. The minimum absolute atomic E-state index is 0.0759. The van der Waals surface area contributed by atoms with Gasteiger partial charge in [0.05, 0.1) is 51.5 Å². The van der Waals surface area contributed by atoms with Gasteiger partial charge in [-0.05, 0) is 35.4 Å². The molecule has 10 heteroatoms. The summed E-state index contributed by atoms with van der Waals surface area (Å²) in [6.07, 6.45) is 5.45. The maximum atomic E-state index is 12.6. The zero-order valence-corrected chi connectivity index (χ0v) is 23.0. The second-order valence-electron chi connectivity index (χ2n) is 9.62. The van der Waals surface area contributed by atoms with Crippen molar-refractivity contribution in [3.8, 4) is 5.75 Å². The van der Waals surface area contributed by atoms with Gasteiger partial charge in [-0.1, -0.05) is 59.6 Å². The van der Waals surface area contributed by atoms with Gasteiger partial charge in [0.1, 0.15) is 11.6 Å². The number of hydrogen-bond acceptors (Lipinski definition) is 6. The van der Waals surface area contributed by atoms with Gasteiger partial charge in [0.25, 0.3) is 5.91 Å². The minimum atomic E-state index is -0.343. The summed E-state index contributed by atoms with van der Waals surface area (Å²) < 4.78 is 5.89. The first-order valence-electron chi connectivity index (χ1n) is 13.0. The van der Waals surface area contributed by atoms with Crippen LogP contribution in [0.25, 0.3) is 11.0 Å². The third-order valence-electron chi connectivity index (χ3n) is 6.94. The van der Waals surface area contributed by atoms with E-state index >= 15 is 0 Å². The molecular weight excluding hydrogens is 547 g/mol. The fraction of sp³-hybridized carbons (Fsp3) is 0.200. The van der Waals surface area contributed by atoms with E-state index in [9.17, 15) is 4.79 Å². The number of halogens is 2. The molecule has 2 N–H and O–H groups in total. The second-order valence-corrected chi connectivity index (χ2v) is 10.4. The molecule has 1 atom stereocenters. The molecule has 0 fully saturated rings. The van der Waals surface area contributed by atoms with Crippen molar-refractivity contribution in [2.45, 2.75) is 32.1 Å². The molecule has 5 aromatic rings. The van der Waals surface area contributed by atoms with Crippen molar-refractivity contribution in [3.63, 3.8) is 0 Å². The Bertz CT molecular complexity index is 1600. The first-order valence-corrected chi connectivity index (χ1v) is 13.7. The number of nitrogens with one attached hydrogen (secondary N) is 2. The summed E-state index contributed by atoms with van der Waals surface area (Å²) in [6, 6.07) is 20.2. The fourth-order valence-corrected chi connectivity index (χ4v) is 5.53. The quantitative estimate of drug-likeness (QED) is 0.232. The van der Waals surface area contributed by atoms with Crippen LogP contribution in [-0.4, -0.2) is 37.3 Å². The van der Waals surface area contributed by atoms with Gasteiger partial charge in [-0.15, -0.1) is 0 Å². The van der Waals surface area contributed by atoms with Gasteiger partial charge in [-0.3, -0.25) is 19.7 Å². The number of carbonyl (C=O) groups is 1. The number of benzene rings is 2. The summed E-state index contributed by atoms with van der Waals surface area (Å²) >= 11 is 12.2. The number of nitrogens with zero attached hydrogens (tertiary/aromatic N) is 4. The number of ether oxygens (including phenoxy) is 1. The number of imidazole rings is 1. The Balaban J connectivity index is 1.20. The largest absolute Gasteiger partial charge is 0.492 e. The summed E-state index contributed by atoms with van der Waals surface area (Å²) in [6.45, 7) is 2.28. The van der Waals surface area contributed by atoms with Gasteiger partial charge in [0, 0.05) is 38.1 Å². The molecule has 0 aliphatic carbocycles. The summed E-state index contributed by atoms with van der Waals surface area (Å²) in [5.74, 6) is 1.39. The van der Waals surface area contributed by atoms with Crippen molar-refractivity contribution in [3.05, 3.63) is 118 Å². The average molecular weight is 573 g/mol. The monoisotopic (exact) mass is 572 g/mol. The van der Waals surface area contributed by atoms with E-state index in [1.54, 1.807) is 0 Å². The predicted molar refractivity (Wildman–Crippen MR) is 154 cm³/mol. The highest BCUT2D eigenvalue weighted by Gasteiger charge is 2.29. The van der Waals surface area contributed by atoms with E-state index in [0.717, 1.165) is 45.8 Å². The molecule has 0 bridgehead atoms. The average Bonchev–Trinajstić information content (AvgIpc) is 3.38. The standard InChI is InChI=1S/C30H26Cl2N6O2/c31-21-15-33-16-22(32)28(21)30(39)35-14-19-7-9-20(10-8-19)17-38(18-27-36-23-4-1-2-5-24(23)37-27)25-11-13-40-26-6-3-12-34-29(25)26/h1-10,12,15-16,25H,11,13-14,17-18H2,(H,35,39)(H,36,37). The Morgan fingerprint density at radius 1 is 1.00 bits per heavy atom. The molecule has 3 aromatic heterocycles. The number of fused-ring (bicyclic) bond motifs is 2. The number of carbonyl (C=O) groups excluding carboxylic acids is 1. The topological polar surface area (TPSA) is 96.0 Å². The maximum absolute atomic E-state index is 12.6. The van der Waals surface area contributed by atoms with Crippen LogP contribution in [0.5, 0.6) is 5.75 Å². The molecule has 0 radical (unpaired) electrons. The smallest absolute Gasteiger partial charge is 0.254 e. The molecule has 8 nitrogen and oxygen atoms in total. The number of rotatable bonds is 8. The Hall–Kier alpha value is -3.98. The highest BCUT2D eigenvalue weighted by atomic mass is 35.5. The first-order chi connectivity index (χ1) is 19.5. The van der Waals surface area contributed by atoms with Gasteiger partial charge in [0.15, 0.2) is 0 Å². The van der Waals surface area contributed by atoms with Crippen molar-refractivity contribution in [1.29, 1.82) is 0 Å².